The van der Waals surface area contributed by atoms with Crippen LogP contribution in [-0.4, -0.2) is 53.0 Å². The van der Waals surface area contributed by atoms with Crippen molar-refractivity contribution in [3.8, 4) is 0 Å². The fraction of sp³-hybridized carbons (Fsp3) is 0.222. The van der Waals surface area contributed by atoms with Crippen LogP contribution >= 0.6 is 11.8 Å². The molecule has 2 aromatic rings. The van der Waals surface area contributed by atoms with E-state index in [0.717, 1.165) is 22.0 Å². The van der Waals surface area contributed by atoms with E-state index in [1.54, 1.807) is 11.8 Å². The Hall–Kier alpha value is -2.47. The molecule has 122 valence electrons. The topological polar surface area (TPSA) is 56.1 Å². The first-order chi connectivity index (χ1) is 11.7. The molecule has 2 aliphatic rings. The molecule has 6 heteroatoms. The molecular weight excluding hydrogens is 322 g/mol. The van der Waals surface area contributed by atoms with E-state index in [4.69, 9.17) is 10.1 Å². The molecule has 4 rings (SSSR count). The van der Waals surface area contributed by atoms with Crippen molar-refractivity contribution in [2.45, 2.75) is 9.79 Å². The molecule has 1 saturated heterocycles. The quantitative estimate of drug-likeness (QED) is 0.798. The number of fused-ring (bicyclic) bond motifs is 2. The third-order valence-electron chi connectivity index (χ3n) is 4.29. The normalized spacial score (nSPS) is 16.8. The second-order valence-electron chi connectivity index (χ2n) is 5.76. The van der Waals surface area contributed by atoms with E-state index in [1.165, 1.54) is 9.80 Å². The van der Waals surface area contributed by atoms with Gasteiger partial charge in [-0.2, -0.15) is 0 Å². The Balaban J connectivity index is 1.73. The average Bonchev–Trinajstić information content (AvgIpc) is 2.78. The lowest BCUT2D eigenvalue weighted by Crippen LogP contribution is -2.50. The number of nitrogens with zero attached hydrogens (tertiary/aromatic N) is 3. The van der Waals surface area contributed by atoms with E-state index >= 15 is 0 Å². The summed E-state index contributed by atoms with van der Waals surface area (Å²) in [5.41, 5.74) is 2.08. The number of carboxylic acid groups (broad SMARTS) is 1. The molecule has 1 amide bonds. The number of piperazine rings is 1. The van der Waals surface area contributed by atoms with Crippen molar-refractivity contribution in [3.05, 3.63) is 54.1 Å². The van der Waals surface area contributed by atoms with Gasteiger partial charge in [-0.15, -0.1) is 0 Å². The molecule has 1 fully saturated rings. The van der Waals surface area contributed by atoms with Gasteiger partial charge < -0.3 is 14.9 Å². The van der Waals surface area contributed by atoms with E-state index in [2.05, 4.69) is 23.1 Å². The van der Waals surface area contributed by atoms with Gasteiger partial charge in [-0.05, 0) is 18.2 Å². The third-order valence-corrected chi connectivity index (χ3v) is 5.43. The van der Waals surface area contributed by atoms with Gasteiger partial charge in [0.2, 0.25) is 0 Å². The monoisotopic (exact) mass is 339 g/mol. The van der Waals surface area contributed by atoms with Crippen LogP contribution in [0.1, 0.15) is 5.56 Å². The predicted octanol–water partition coefficient (Wildman–Crippen LogP) is 3.53. The minimum atomic E-state index is -0.848. The Labute approximate surface area is 144 Å². The van der Waals surface area contributed by atoms with Crippen LogP contribution in [0.4, 0.5) is 10.5 Å². The molecule has 0 bridgehead atoms. The van der Waals surface area contributed by atoms with Crippen LogP contribution in [0, 0.1) is 0 Å². The summed E-state index contributed by atoms with van der Waals surface area (Å²) in [6.45, 7) is 2.33. The first-order valence-electron chi connectivity index (χ1n) is 7.90. The standard InChI is InChI=1S/C18H17N3O2S/c22-18(23)21-11-9-20(10-12-21)17-13-5-1-3-7-15(13)24-16-8-4-2-6-14(16)19-17/h1-8H,9-12H2,(H,22,23). The molecular formula is C18H17N3O2S. The van der Waals surface area contributed by atoms with Crippen LogP contribution in [-0.2, 0) is 0 Å². The molecule has 0 spiro atoms. The summed E-state index contributed by atoms with van der Waals surface area (Å²) in [5.74, 6) is 0.938. The van der Waals surface area contributed by atoms with Crippen molar-refractivity contribution in [3.63, 3.8) is 0 Å². The second-order valence-corrected chi connectivity index (χ2v) is 6.84. The molecule has 2 aromatic carbocycles. The molecule has 2 heterocycles. The number of hydrogen-bond acceptors (Lipinski definition) is 4. The lowest BCUT2D eigenvalue weighted by Gasteiger charge is -2.35. The van der Waals surface area contributed by atoms with Gasteiger partial charge in [0.1, 0.15) is 5.84 Å². The van der Waals surface area contributed by atoms with E-state index in [1.807, 2.05) is 30.3 Å². The highest BCUT2D eigenvalue weighted by Gasteiger charge is 2.26. The Morgan fingerprint density at radius 1 is 0.958 bits per heavy atom. The van der Waals surface area contributed by atoms with E-state index < -0.39 is 6.09 Å². The first-order valence-corrected chi connectivity index (χ1v) is 8.72. The number of amides is 1. The smallest absolute Gasteiger partial charge is 0.407 e. The molecule has 0 radical (unpaired) electrons. The zero-order valence-corrected chi connectivity index (χ0v) is 13.9. The Bertz CT molecular complexity index is 813. The van der Waals surface area contributed by atoms with Crippen LogP contribution in [0.3, 0.4) is 0 Å². The minimum absolute atomic E-state index is 0.505. The van der Waals surface area contributed by atoms with Crippen LogP contribution < -0.4 is 0 Å². The average molecular weight is 339 g/mol. The SMILES string of the molecule is O=C(O)N1CCN(C2=Nc3ccccc3Sc3ccccc32)CC1. The summed E-state index contributed by atoms with van der Waals surface area (Å²) in [4.78, 5) is 22.0. The maximum absolute atomic E-state index is 11.1. The molecule has 0 aliphatic carbocycles. The van der Waals surface area contributed by atoms with Crippen molar-refractivity contribution < 1.29 is 9.90 Å². The largest absolute Gasteiger partial charge is 0.465 e. The minimum Gasteiger partial charge on any atom is -0.465 e. The highest BCUT2D eigenvalue weighted by atomic mass is 32.2. The highest BCUT2D eigenvalue weighted by Crippen LogP contribution is 2.40. The van der Waals surface area contributed by atoms with Crippen molar-refractivity contribution in [1.82, 2.24) is 9.80 Å². The molecule has 0 saturated carbocycles. The predicted molar refractivity (Wildman–Crippen MR) is 94.4 cm³/mol. The number of para-hydroxylation sites is 1. The number of rotatable bonds is 0. The van der Waals surface area contributed by atoms with E-state index in [0.29, 0.717) is 26.2 Å². The molecule has 1 N–H and O–H groups in total. The molecule has 2 aliphatic heterocycles. The van der Waals surface area contributed by atoms with Crippen molar-refractivity contribution in [2.75, 3.05) is 26.2 Å². The Morgan fingerprint density at radius 3 is 2.38 bits per heavy atom. The van der Waals surface area contributed by atoms with Crippen LogP contribution in [0.2, 0.25) is 0 Å². The van der Waals surface area contributed by atoms with Gasteiger partial charge in [0.05, 0.1) is 5.69 Å². The molecule has 0 unspecified atom stereocenters. The van der Waals surface area contributed by atoms with E-state index in [-0.39, 0.29) is 0 Å². The summed E-state index contributed by atoms with van der Waals surface area (Å²) in [7, 11) is 0. The zero-order chi connectivity index (χ0) is 16.5. The lowest BCUT2D eigenvalue weighted by atomic mass is 10.1. The molecule has 0 aromatic heterocycles. The van der Waals surface area contributed by atoms with Crippen LogP contribution in [0.5, 0.6) is 0 Å². The summed E-state index contributed by atoms with van der Waals surface area (Å²) in [6, 6.07) is 16.4. The molecule has 24 heavy (non-hydrogen) atoms. The number of aliphatic imine (C=N–C) groups is 1. The number of carbonyl (C=O) groups is 1. The fourth-order valence-corrected chi connectivity index (χ4v) is 4.04. The van der Waals surface area contributed by atoms with Gasteiger partial charge >= 0.3 is 6.09 Å². The Kier molecular flexibility index (Phi) is 3.90. The van der Waals surface area contributed by atoms with Gasteiger partial charge in [-0.25, -0.2) is 9.79 Å². The van der Waals surface area contributed by atoms with Gasteiger partial charge in [-0.3, -0.25) is 0 Å². The maximum atomic E-state index is 11.1. The van der Waals surface area contributed by atoms with Gasteiger partial charge in [0.25, 0.3) is 0 Å². The van der Waals surface area contributed by atoms with Crippen molar-refractivity contribution >= 4 is 29.4 Å². The second kappa shape index (κ2) is 6.20. The highest BCUT2D eigenvalue weighted by molar-refractivity contribution is 7.99. The maximum Gasteiger partial charge on any atom is 0.407 e. The van der Waals surface area contributed by atoms with Gasteiger partial charge in [0, 0.05) is 41.5 Å². The summed E-state index contributed by atoms with van der Waals surface area (Å²) in [6.07, 6.45) is -0.848. The van der Waals surface area contributed by atoms with E-state index in [9.17, 15) is 4.79 Å². The third kappa shape index (κ3) is 2.73. The number of benzene rings is 2. The van der Waals surface area contributed by atoms with Gasteiger partial charge in [-0.1, -0.05) is 42.1 Å². The number of hydrogen-bond donors (Lipinski definition) is 1. The van der Waals surface area contributed by atoms with Crippen LogP contribution in [0.15, 0.2) is 63.3 Å². The molecule has 5 nitrogen and oxygen atoms in total. The summed E-state index contributed by atoms with van der Waals surface area (Å²) >= 11 is 1.73. The van der Waals surface area contributed by atoms with Crippen molar-refractivity contribution in [2.24, 2.45) is 4.99 Å². The molecule has 0 atom stereocenters. The summed E-state index contributed by atoms with van der Waals surface area (Å²) < 4.78 is 0. The van der Waals surface area contributed by atoms with Crippen molar-refractivity contribution in [1.29, 1.82) is 0 Å². The zero-order valence-electron chi connectivity index (χ0n) is 13.1. The number of amidine groups is 1. The summed E-state index contributed by atoms with van der Waals surface area (Å²) in [5, 5.41) is 9.14. The van der Waals surface area contributed by atoms with Gasteiger partial charge in [0.15, 0.2) is 0 Å². The van der Waals surface area contributed by atoms with Crippen LogP contribution in [0.25, 0.3) is 0 Å². The Morgan fingerprint density at radius 2 is 1.62 bits per heavy atom. The fourth-order valence-electron chi connectivity index (χ4n) is 3.02. The lowest BCUT2D eigenvalue weighted by molar-refractivity contribution is 0.124. The first kappa shape index (κ1) is 15.1.